The van der Waals surface area contributed by atoms with Gasteiger partial charge in [0.25, 0.3) is 0 Å². The molecule has 1 aromatic carbocycles. The maximum Gasteiger partial charge on any atom is 0.334 e. The zero-order valence-electron chi connectivity index (χ0n) is 13.8. The predicted molar refractivity (Wildman–Crippen MR) is 86.8 cm³/mol. The van der Waals surface area contributed by atoms with Crippen LogP contribution in [0, 0.1) is 5.82 Å². The molecule has 0 spiro atoms. The van der Waals surface area contributed by atoms with Crippen molar-refractivity contribution >= 4 is 27.7 Å². The van der Waals surface area contributed by atoms with E-state index < -0.39 is 33.5 Å². The molecule has 1 aliphatic heterocycles. The maximum absolute atomic E-state index is 12.9. The molecule has 9 heteroatoms. The Morgan fingerprint density at radius 2 is 1.44 bits per heavy atom. The lowest BCUT2D eigenvalue weighted by molar-refractivity contribution is -0.143. The van der Waals surface area contributed by atoms with E-state index >= 15 is 0 Å². The number of unbranched alkanes of at least 4 members (excludes halogenated alkanes) is 1. The lowest BCUT2D eigenvalue weighted by Crippen LogP contribution is -2.35. The van der Waals surface area contributed by atoms with Crippen LogP contribution in [0.1, 0.15) is 26.2 Å². The van der Waals surface area contributed by atoms with Crippen LogP contribution in [-0.2, 0) is 19.4 Å². The number of urea groups is 1. The summed E-state index contributed by atoms with van der Waals surface area (Å²) >= 11 is 0. The van der Waals surface area contributed by atoms with Gasteiger partial charge in [0, 0.05) is 13.1 Å². The number of benzene rings is 1. The molecule has 1 heterocycles. The summed E-state index contributed by atoms with van der Waals surface area (Å²) in [6.07, 6.45) is 1.35. The smallest absolute Gasteiger partial charge is 0.263 e. The molecule has 1 aromatic rings. The molecule has 4 amide bonds. The van der Waals surface area contributed by atoms with E-state index in [1.807, 2.05) is 6.92 Å². The first-order chi connectivity index (χ1) is 11.8. The SMILES string of the molecule is CCCCN1C(=O)C(=O)N(CCCS(=O)(=O)c2ccc(F)cc2)C1=O. The summed E-state index contributed by atoms with van der Waals surface area (Å²) < 4.78 is 37.2. The van der Waals surface area contributed by atoms with Crippen molar-refractivity contribution in [3.05, 3.63) is 30.1 Å². The van der Waals surface area contributed by atoms with Crippen molar-refractivity contribution in [1.29, 1.82) is 0 Å². The van der Waals surface area contributed by atoms with Gasteiger partial charge in [-0.15, -0.1) is 0 Å². The molecule has 0 saturated carbocycles. The summed E-state index contributed by atoms with van der Waals surface area (Å²) in [7, 11) is -3.66. The molecule has 25 heavy (non-hydrogen) atoms. The molecule has 7 nitrogen and oxygen atoms in total. The van der Waals surface area contributed by atoms with E-state index in [0.29, 0.717) is 6.42 Å². The summed E-state index contributed by atoms with van der Waals surface area (Å²) in [5.41, 5.74) is 0. The minimum Gasteiger partial charge on any atom is -0.263 e. The van der Waals surface area contributed by atoms with Crippen LogP contribution in [-0.4, -0.2) is 54.9 Å². The molecule has 2 rings (SSSR count). The summed E-state index contributed by atoms with van der Waals surface area (Å²) in [4.78, 5) is 37.4. The Morgan fingerprint density at radius 3 is 1.96 bits per heavy atom. The van der Waals surface area contributed by atoms with Crippen molar-refractivity contribution in [2.24, 2.45) is 0 Å². The summed E-state index contributed by atoms with van der Waals surface area (Å²) in [5, 5.41) is 0. The second-order valence-corrected chi connectivity index (χ2v) is 7.79. The number of nitrogens with zero attached hydrogens (tertiary/aromatic N) is 2. The number of sulfone groups is 1. The molecule has 136 valence electrons. The average molecular weight is 370 g/mol. The van der Waals surface area contributed by atoms with E-state index in [9.17, 15) is 27.2 Å². The van der Waals surface area contributed by atoms with Gasteiger partial charge in [0.15, 0.2) is 9.84 Å². The predicted octanol–water partition coefficient (Wildman–Crippen LogP) is 1.58. The van der Waals surface area contributed by atoms with E-state index in [-0.39, 0.29) is 30.2 Å². The number of carbonyl (C=O) groups excluding carboxylic acids is 3. The number of amides is 4. The second-order valence-electron chi connectivity index (χ2n) is 5.68. The lowest BCUT2D eigenvalue weighted by Gasteiger charge is -2.15. The van der Waals surface area contributed by atoms with Gasteiger partial charge in [-0.1, -0.05) is 13.3 Å². The van der Waals surface area contributed by atoms with E-state index in [1.54, 1.807) is 0 Å². The van der Waals surface area contributed by atoms with Crippen LogP contribution >= 0.6 is 0 Å². The third kappa shape index (κ3) is 4.22. The maximum atomic E-state index is 12.9. The highest BCUT2D eigenvalue weighted by atomic mass is 32.2. The van der Waals surface area contributed by atoms with Crippen molar-refractivity contribution in [3.63, 3.8) is 0 Å². The molecular formula is C16H19FN2O5S. The zero-order chi connectivity index (χ0) is 18.6. The van der Waals surface area contributed by atoms with E-state index in [1.165, 1.54) is 0 Å². The number of hydrogen-bond donors (Lipinski definition) is 0. The first-order valence-electron chi connectivity index (χ1n) is 7.93. The fourth-order valence-electron chi connectivity index (χ4n) is 2.43. The summed E-state index contributed by atoms with van der Waals surface area (Å²) in [5.74, 6) is -2.67. The normalized spacial score (nSPS) is 15.4. The van der Waals surface area contributed by atoms with Gasteiger partial charge < -0.3 is 0 Å². The van der Waals surface area contributed by atoms with E-state index in [4.69, 9.17) is 0 Å². The fourth-order valence-corrected chi connectivity index (χ4v) is 3.73. The molecule has 1 fully saturated rings. The second kappa shape index (κ2) is 7.73. The number of carbonyl (C=O) groups is 3. The van der Waals surface area contributed by atoms with Crippen LogP contribution in [0.3, 0.4) is 0 Å². The molecule has 0 unspecified atom stereocenters. The lowest BCUT2D eigenvalue weighted by atomic mass is 10.3. The largest absolute Gasteiger partial charge is 0.334 e. The third-order valence-corrected chi connectivity index (χ3v) is 5.65. The average Bonchev–Trinajstić information content (AvgIpc) is 2.77. The molecule has 0 bridgehead atoms. The van der Waals surface area contributed by atoms with Gasteiger partial charge >= 0.3 is 17.8 Å². The Hall–Kier alpha value is -2.29. The molecule has 0 aliphatic carbocycles. The highest BCUT2D eigenvalue weighted by molar-refractivity contribution is 7.91. The van der Waals surface area contributed by atoms with Crippen molar-refractivity contribution in [2.75, 3.05) is 18.8 Å². The Balaban J connectivity index is 1.97. The Labute approximate surface area is 145 Å². The van der Waals surface area contributed by atoms with E-state index in [2.05, 4.69) is 0 Å². The van der Waals surface area contributed by atoms with Gasteiger partial charge in [-0.05, 0) is 37.1 Å². The fraction of sp³-hybridized carbons (Fsp3) is 0.438. The van der Waals surface area contributed by atoms with Crippen LogP contribution in [0.25, 0.3) is 0 Å². The monoisotopic (exact) mass is 370 g/mol. The van der Waals surface area contributed by atoms with Crippen molar-refractivity contribution in [2.45, 2.75) is 31.1 Å². The summed E-state index contributed by atoms with van der Waals surface area (Å²) in [6.45, 7) is 1.90. The van der Waals surface area contributed by atoms with Crippen LogP contribution < -0.4 is 0 Å². The van der Waals surface area contributed by atoms with Gasteiger partial charge in [-0.2, -0.15) is 0 Å². The zero-order valence-corrected chi connectivity index (χ0v) is 14.6. The molecule has 0 radical (unpaired) electrons. The standard InChI is InChI=1S/C16H19FN2O5S/c1-2-3-9-18-14(20)15(21)19(16(18)22)10-4-11-25(23,24)13-7-5-12(17)6-8-13/h5-8H,2-4,9-11H2,1H3. The molecule has 0 atom stereocenters. The van der Waals surface area contributed by atoms with E-state index in [0.717, 1.165) is 40.5 Å². The minimum absolute atomic E-state index is 0.00785. The first-order valence-corrected chi connectivity index (χ1v) is 9.59. The van der Waals surface area contributed by atoms with Gasteiger partial charge in [-0.25, -0.2) is 17.6 Å². The molecule has 1 saturated heterocycles. The number of imide groups is 2. The molecule has 0 N–H and O–H groups in total. The third-order valence-electron chi connectivity index (χ3n) is 3.84. The van der Waals surface area contributed by atoms with Gasteiger partial charge in [0.1, 0.15) is 5.82 Å². The Kier molecular flexibility index (Phi) is 5.89. The highest BCUT2D eigenvalue weighted by Crippen LogP contribution is 2.16. The van der Waals surface area contributed by atoms with Crippen LogP contribution in [0.15, 0.2) is 29.2 Å². The van der Waals surface area contributed by atoms with Gasteiger partial charge in [-0.3, -0.25) is 19.4 Å². The Morgan fingerprint density at radius 1 is 0.920 bits per heavy atom. The van der Waals surface area contributed by atoms with Crippen LogP contribution in [0.5, 0.6) is 0 Å². The van der Waals surface area contributed by atoms with Crippen molar-refractivity contribution in [1.82, 2.24) is 9.80 Å². The van der Waals surface area contributed by atoms with Crippen molar-refractivity contribution in [3.8, 4) is 0 Å². The molecular weight excluding hydrogens is 351 g/mol. The topological polar surface area (TPSA) is 91.8 Å². The number of hydrogen-bond acceptors (Lipinski definition) is 5. The highest BCUT2D eigenvalue weighted by Gasteiger charge is 2.43. The number of halogens is 1. The minimum atomic E-state index is -3.66. The first kappa shape index (κ1) is 19.0. The summed E-state index contributed by atoms with van der Waals surface area (Å²) in [6, 6.07) is 3.71. The van der Waals surface area contributed by atoms with Crippen LogP contribution in [0.4, 0.5) is 9.18 Å². The van der Waals surface area contributed by atoms with Gasteiger partial charge in [0.2, 0.25) is 0 Å². The van der Waals surface area contributed by atoms with Gasteiger partial charge in [0.05, 0.1) is 10.6 Å². The molecule has 0 aromatic heterocycles. The molecule has 1 aliphatic rings. The quantitative estimate of drug-likeness (QED) is 0.394. The van der Waals surface area contributed by atoms with Crippen LogP contribution in [0.2, 0.25) is 0 Å². The van der Waals surface area contributed by atoms with Crippen molar-refractivity contribution < 1.29 is 27.2 Å². The number of rotatable bonds is 8. The Bertz CT molecular complexity index is 776.